The fourth-order valence-corrected chi connectivity index (χ4v) is 1.82. The Bertz CT molecular complexity index is 356. The summed E-state index contributed by atoms with van der Waals surface area (Å²) < 4.78 is 2.93. The van der Waals surface area contributed by atoms with Gasteiger partial charge in [0, 0.05) is 13.0 Å². The Morgan fingerprint density at radius 2 is 2.36 bits per heavy atom. The van der Waals surface area contributed by atoms with E-state index in [1.165, 1.54) is 0 Å². The molecule has 74 valence electrons. The maximum absolute atomic E-state index is 11.4. The molecule has 4 nitrogen and oxygen atoms in total. The average Bonchev–Trinajstić information content (AvgIpc) is 2.65. The zero-order valence-corrected chi connectivity index (χ0v) is 9.69. The van der Waals surface area contributed by atoms with Crippen LogP contribution in [0.25, 0.3) is 0 Å². The van der Waals surface area contributed by atoms with E-state index in [0.29, 0.717) is 6.42 Å². The van der Waals surface area contributed by atoms with Crippen molar-refractivity contribution >= 4 is 40.4 Å². The van der Waals surface area contributed by atoms with Crippen LogP contribution in [0.3, 0.4) is 0 Å². The second kappa shape index (κ2) is 4.12. The number of carbonyl (C=O) groups excluding carboxylic acids is 1. The molecule has 1 aliphatic rings. The highest BCUT2D eigenvalue weighted by Crippen LogP contribution is 2.20. The molecule has 0 saturated carbocycles. The maximum Gasteiger partial charge on any atom is 0.228 e. The Balaban J connectivity index is 2.26. The van der Waals surface area contributed by atoms with Crippen LogP contribution in [0.15, 0.2) is 18.2 Å². The molecule has 5 heteroatoms. The summed E-state index contributed by atoms with van der Waals surface area (Å²) in [4.78, 5) is 17.5. The molecular weight excluding hydrogens is 293 g/mol. The van der Waals surface area contributed by atoms with Crippen LogP contribution >= 0.6 is 22.9 Å². The first kappa shape index (κ1) is 9.70. The Labute approximate surface area is 96.2 Å². The third-order valence-corrected chi connectivity index (χ3v) is 2.73. The molecule has 1 aromatic heterocycles. The second-order valence-electron chi connectivity index (χ2n) is 3.12. The summed E-state index contributed by atoms with van der Waals surface area (Å²) in [6, 6.07) is 5.63. The first-order valence-corrected chi connectivity index (χ1v) is 5.53. The predicted molar refractivity (Wildman–Crippen MR) is 63.5 cm³/mol. The van der Waals surface area contributed by atoms with Crippen LogP contribution in [-0.4, -0.2) is 17.4 Å². The number of carbonyl (C=O) groups is 1. The van der Waals surface area contributed by atoms with Crippen molar-refractivity contribution in [3.8, 4) is 0 Å². The number of halogens is 1. The number of nitrogens with zero attached hydrogens (tertiary/aromatic N) is 2. The van der Waals surface area contributed by atoms with Crippen LogP contribution in [0.5, 0.6) is 0 Å². The van der Waals surface area contributed by atoms with Crippen LogP contribution in [-0.2, 0) is 4.79 Å². The number of hydrogen-bond donors (Lipinski definition) is 1. The number of nitrogens with one attached hydrogen (secondary N) is 1. The first-order chi connectivity index (χ1) is 6.81. The topological polar surface area (TPSA) is 45.2 Å². The van der Waals surface area contributed by atoms with Gasteiger partial charge in [0.05, 0.1) is 22.9 Å². The Morgan fingerprint density at radius 3 is 3.00 bits per heavy atom. The largest absolute Gasteiger partial charge is 0.313 e. The number of hydrogen-bond acceptors (Lipinski definition) is 3. The van der Waals surface area contributed by atoms with E-state index in [-0.39, 0.29) is 5.91 Å². The van der Waals surface area contributed by atoms with Crippen molar-refractivity contribution in [3.05, 3.63) is 18.2 Å². The van der Waals surface area contributed by atoms with Gasteiger partial charge in [-0.1, -0.05) is 6.07 Å². The molecule has 1 fully saturated rings. The second-order valence-corrected chi connectivity index (χ2v) is 3.66. The maximum atomic E-state index is 11.4. The quantitative estimate of drug-likeness (QED) is 0.671. The van der Waals surface area contributed by atoms with Crippen molar-refractivity contribution in [2.75, 3.05) is 15.0 Å². The highest BCUT2D eigenvalue weighted by molar-refractivity contribution is 14.1. The molecule has 0 unspecified atom stereocenters. The highest BCUT2D eigenvalue weighted by Gasteiger charge is 2.22. The van der Waals surface area contributed by atoms with Gasteiger partial charge in [0.25, 0.3) is 0 Å². The summed E-state index contributed by atoms with van der Waals surface area (Å²) in [7, 11) is 0. The van der Waals surface area contributed by atoms with E-state index in [9.17, 15) is 4.79 Å². The van der Waals surface area contributed by atoms with Crippen LogP contribution in [0.1, 0.15) is 12.8 Å². The molecule has 0 aliphatic carbocycles. The molecule has 0 atom stereocenters. The van der Waals surface area contributed by atoms with Gasteiger partial charge in [-0.15, -0.1) is 0 Å². The molecule has 1 aromatic rings. The summed E-state index contributed by atoms with van der Waals surface area (Å²) in [5.41, 5.74) is 0. The molecule has 2 rings (SSSR count). The minimum atomic E-state index is 0.170. The summed E-state index contributed by atoms with van der Waals surface area (Å²) in [5.74, 6) is 1.69. The molecule has 14 heavy (non-hydrogen) atoms. The molecule has 0 radical (unpaired) electrons. The first-order valence-electron chi connectivity index (χ1n) is 4.45. The monoisotopic (exact) mass is 303 g/mol. The molecular formula is C9H10IN3O. The summed E-state index contributed by atoms with van der Waals surface area (Å²) in [6.07, 6.45) is 1.58. The lowest BCUT2D eigenvalue weighted by atomic mass is 10.4. The molecule has 1 N–H and O–H groups in total. The Morgan fingerprint density at radius 1 is 1.50 bits per heavy atom. The van der Waals surface area contributed by atoms with E-state index in [1.807, 2.05) is 41.1 Å². The number of aromatic nitrogens is 1. The lowest BCUT2D eigenvalue weighted by Gasteiger charge is -2.14. The van der Waals surface area contributed by atoms with Gasteiger partial charge in [-0.25, -0.2) is 4.98 Å². The average molecular weight is 303 g/mol. The van der Waals surface area contributed by atoms with Gasteiger partial charge in [-0.2, -0.15) is 0 Å². The van der Waals surface area contributed by atoms with E-state index < -0.39 is 0 Å². The number of anilines is 2. The minimum absolute atomic E-state index is 0.170. The van der Waals surface area contributed by atoms with Crippen LogP contribution in [0.4, 0.5) is 11.6 Å². The van der Waals surface area contributed by atoms with Crippen LogP contribution in [0, 0.1) is 0 Å². The molecule has 0 spiro atoms. The summed E-state index contributed by atoms with van der Waals surface area (Å²) >= 11 is 2.02. The third-order valence-electron chi connectivity index (χ3n) is 2.18. The van der Waals surface area contributed by atoms with E-state index in [0.717, 1.165) is 24.6 Å². The SMILES string of the molecule is O=C1CCCN1c1cccc(NI)n1. The van der Waals surface area contributed by atoms with Crippen molar-refractivity contribution in [2.45, 2.75) is 12.8 Å². The minimum Gasteiger partial charge on any atom is -0.313 e. The number of amides is 1. The Hall–Kier alpha value is -0.850. The molecule has 1 saturated heterocycles. The number of pyridine rings is 1. The molecule has 0 bridgehead atoms. The molecule has 1 amide bonds. The van der Waals surface area contributed by atoms with E-state index >= 15 is 0 Å². The van der Waals surface area contributed by atoms with E-state index in [1.54, 1.807) is 4.90 Å². The van der Waals surface area contributed by atoms with Crippen molar-refractivity contribution in [1.29, 1.82) is 0 Å². The zero-order chi connectivity index (χ0) is 9.97. The van der Waals surface area contributed by atoms with Gasteiger partial charge in [0.15, 0.2) is 0 Å². The van der Waals surface area contributed by atoms with Crippen molar-refractivity contribution < 1.29 is 4.79 Å². The standard InChI is InChI=1S/C9H10IN3O/c10-12-7-3-1-4-8(11-7)13-6-2-5-9(13)14/h1,3-4H,2,5-6H2,(H,11,12). The molecule has 0 aromatic carbocycles. The fraction of sp³-hybridized carbons (Fsp3) is 0.333. The highest BCUT2D eigenvalue weighted by atomic mass is 127. The van der Waals surface area contributed by atoms with Gasteiger partial charge in [-0.05, 0) is 18.6 Å². The van der Waals surface area contributed by atoms with Crippen molar-refractivity contribution in [1.82, 2.24) is 4.98 Å². The van der Waals surface area contributed by atoms with Crippen molar-refractivity contribution in [3.63, 3.8) is 0 Å². The van der Waals surface area contributed by atoms with Gasteiger partial charge >= 0.3 is 0 Å². The smallest absolute Gasteiger partial charge is 0.228 e. The lowest BCUT2D eigenvalue weighted by molar-refractivity contribution is -0.117. The van der Waals surface area contributed by atoms with Crippen LogP contribution < -0.4 is 8.43 Å². The molecule has 2 heterocycles. The van der Waals surface area contributed by atoms with Crippen LogP contribution in [0.2, 0.25) is 0 Å². The van der Waals surface area contributed by atoms with Gasteiger partial charge in [0.2, 0.25) is 5.91 Å². The normalized spacial score (nSPS) is 16.1. The van der Waals surface area contributed by atoms with Gasteiger partial charge in [-0.3, -0.25) is 9.69 Å². The summed E-state index contributed by atoms with van der Waals surface area (Å²) in [5, 5.41) is 0. The lowest BCUT2D eigenvalue weighted by Crippen LogP contribution is -2.24. The van der Waals surface area contributed by atoms with Gasteiger partial charge in [0.1, 0.15) is 11.6 Å². The van der Waals surface area contributed by atoms with Gasteiger partial charge < -0.3 is 3.53 Å². The molecule has 1 aliphatic heterocycles. The van der Waals surface area contributed by atoms with Crippen molar-refractivity contribution in [2.24, 2.45) is 0 Å². The summed E-state index contributed by atoms with van der Waals surface area (Å²) in [6.45, 7) is 0.788. The Kier molecular flexibility index (Phi) is 2.85. The van der Waals surface area contributed by atoms with E-state index in [2.05, 4.69) is 8.51 Å². The zero-order valence-electron chi connectivity index (χ0n) is 7.53. The third kappa shape index (κ3) is 1.82. The van der Waals surface area contributed by atoms with E-state index in [4.69, 9.17) is 0 Å². The number of rotatable bonds is 2. The fourth-order valence-electron chi connectivity index (χ4n) is 1.52. The predicted octanol–water partition coefficient (Wildman–Crippen LogP) is 1.97.